The minimum Gasteiger partial charge on any atom is -0.408 e. The number of aromatic amines is 2. The van der Waals surface area contributed by atoms with E-state index in [1.807, 2.05) is 18.3 Å². The molecule has 5 nitrogen and oxygen atoms in total. The zero-order valence-electron chi connectivity index (χ0n) is 11.1. The molecule has 0 aliphatic heterocycles. The Balaban J connectivity index is 1.57. The van der Waals surface area contributed by atoms with Crippen LogP contribution in [0.2, 0.25) is 0 Å². The van der Waals surface area contributed by atoms with Gasteiger partial charge in [-0.15, -0.1) is 0 Å². The van der Waals surface area contributed by atoms with E-state index in [9.17, 15) is 4.79 Å². The van der Waals surface area contributed by atoms with Crippen molar-refractivity contribution < 1.29 is 4.42 Å². The minimum atomic E-state index is -0.431. The summed E-state index contributed by atoms with van der Waals surface area (Å²) in [5, 5.41) is 4.54. The van der Waals surface area contributed by atoms with Gasteiger partial charge in [-0.1, -0.05) is 6.07 Å². The Kier molecular flexibility index (Phi) is 2.57. The Morgan fingerprint density at radius 1 is 1.05 bits per heavy atom. The minimum absolute atomic E-state index is 0.431. The highest BCUT2D eigenvalue weighted by Gasteiger charge is 2.02. The molecule has 0 bridgehead atoms. The van der Waals surface area contributed by atoms with Crippen molar-refractivity contribution >= 4 is 27.7 Å². The Morgan fingerprint density at radius 2 is 2.00 bits per heavy atom. The van der Waals surface area contributed by atoms with Crippen molar-refractivity contribution in [3.05, 3.63) is 64.8 Å². The van der Waals surface area contributed by atoms with Crippen molar-refractivity contribution in [2.24, 2.45) is 0 Å². The number of aromatic nitrogens is 2. The lowest BCUT2D eigenvalue weighted by Gasteiger charge is -2.06. The Hall–Kier alpha value is -2.95. The van der Waals surface area contributed by atoms with E-state index in [1.165, 1.54) is 10.9 Å². The monoisotopic (exact) mass is 279 g/mol. The summed E-state index contributed by atoms with van der Waals surface area (Å²) < 4.78 is 4.98. The van der Waals surface area contributed by atoms with E-state index in [2.05, 4.69) is 39.6 Å². The normalized spacial score (nSPS) is 11.2. The Morgan fingerprint density at radius 3 is 2.95 bits per heavy atom. The van der Waals surface area contributed by atoms with Gasteiger partial charge in [0.15, 0.2) is 5.58 Å². The number of H-pyrrole nitrogens is 2. The van der Waals surface area contributed by atoms with Gasteiger partial charge in [0, 0.05) is 23.9 Å². The highest BCUT2D eigenvalue weighted by molar-refractivity contribution is 5.80. The van der Waals surface area contributed by atoms with Crippen molar-refractivity contribution in [2.45, 2.75) is 6.54 Å². The summed E-state index contributed by atoms with van der Waals surface area (Å²) in [6.45, 7) is 0.717. The van der Waals surface area contributed by atoms with Crippen LogP contribution in [0.4, 0.5) is 5.69 Å². The van der Waals surface area contributed by atoms with E-state index >= 15 is 0 Å². The predicted molar refractivity (Wildman–Crippen MR) is 82.5 cm³/mol. The molecule has 0 atom stereocenters. The fraction of sp³-hybridized carbons (Fsp3) is 0.0625. The zero-order chi connectivity index (χ0) is 14.2. The van der Waals surface area contributed by atoms with Crippen molar-refractivity contribution in [1.82, 2.24) is 9.97 Å². The summed E-state index contributed by atoms with van der Waals surface area (Å²) in [6.07, 6.45) is 1.94. The number of nitrogens with one attached hydrogen (secondary N) is 3. The van der Waals surface area contributed by atoms with Crippen LogP contribution in [-0.4, -0.2) is 9.97 Å². The fourth-order valence-corrected chi connectivity index (χ4v) is 2.48. The van der Waals surface area contributed by atoms with Gasteiger partial charge in [-0.25, -0.2) is 4.79 Å². The molecule has 2 aromatic carbocycles. The molecule has 2 heterocycles. The van der Waals surface area contributed by atoms with E-state index in [0.717, 1.165) is 11.2 Å². The number of hydrogen-bond donors (Lipinski definition) is 3. The molecule has 3 N–H and O–H groups in total. The molecule has 0 saturated carbocycles. The molecule has 0 unspecified atom stereocenters. The first-order chi connectivity index (χ1) is 10.3. The Labute approximate surface area is 119 Å². The predicted octanol–water partition coefficient (Wildman–Crippen LogP) is 3.21. The lowest BCUT2D eigenvalue weighted by Crippen LogP contribution is -1.99. The van der Waals surface area contributed by atoms with Gasteiger partial charge >= 0.3 is 5.76 Å². The highest BCUT2D eigenvalue weighted by atomic mass is 16.4. The van der Waals surface area contributed by atoms with Gasteiger partial charge in [0.05, 0.1) is 5.52 Å². The molecule has 4 rings (SSSR count). The summed E-state index contributed by atoms with van der Waals surface area (Å²) in [6, 6.07) is 13.9. The third kappa shape index (κ3) is 2.18. The van der Waals surface area contributed by atoms with Crippen LogP contribution < -0.4 is 11.1 Å². The molecule has 0 spiro atoms. The van der Waals surface area contributed by atoms with Crippen LogP contribution in [0.5, 0.6) is 0 Å². The molecule has 0 amide bonds. The lowest BCUT2D eigenvalue weighted by atomic mass is 10.1. The van der Waals surface area contributed by atoms with Gasteiger partial charge in [-0.3, -0.25) is 4.98 Å². The van der Waals surface area contributed by atoms with Crippen LogP contribution in [0.15, 0.2) is 57.9 Å². The van der Waals surface area contributed by atoms with Crippen LogP contribution >= 0.6 is 0 Å². The largest absolute Gasteiger partial charge is 0.417 e. The first-order valence-corrected chi connectivity index (χ1v) is 6.71. The molecule has 0 saturated heterocycles. The third-order valence-corrected chi connectivity index (χ3v) is 3.53. The summed E-state index contributed by atoms with van der Waals surface area (Å²) in [5.74, 6) is -0.431. The molecular weight excluding hydrogens is 266 g/mol. The smallest absolute Gasteiger partial charge is 0.408 e. The van der Waals surface area contributed by atoms with Crippen molar-refractivity contribution in [2.75, 3.05) is 5.32 Å². The zero-order valence-corrected chi connectivity index (χ0v) is 11.1. The van der Waals surface area contributed by atoms with Crippen LogP contribution in [0, 0.1) is 0 Å². The molecule has 4 aromatic rings. The standard InChI is InChI=1S/C16H13N3O2/c20-16-19-14-8-12(2-4-15(14)21-16)18-9-10-1-3-13-11(7-10)5-6-17-13/h1-8,17-18H,9H2,(H,19,20). The second kappa shape index (κ2) is 4.56. The highest BCUT2D eigenvalue weighted by Crippen LogP contribution is 2.18. The lowest BCUT2D eigenvalue weighted by molar-refractivity contribution is 0.555. The summed E-state index contributed by atoms with van der Waals surface area (Å²) in [4.78, 5) is 17.0. The van der Waals surface area contributed by atoms with Gasteiger partial charge in [-0.05, 0) is 47.3 Å². The maximum absolute atomic E-state index is 11.1. The number of hydrogen-bond acceptors (Lipinski definition) is 3. The number of benzene rings is 2. The molecule has 21 heavy (non-hydrogen) atoms. The van der Waals surface area contributed by atoms with Crippen LogP contribution in [0.25, 0.3) is 22.0 Å². The number of oxazole rings is 1. The van der Waals surface area contributed by atoms with Crippen molar-refractivity contribution in [1.29, 1.82) is 0 Å². The van der Waals surface area contributed by atoms with Gasteiger partial charge in [0.2, 0.25) is 0 Å². The van der Waals surface area contributed by atoms with Crippen molar-refractivity contribution in [3.8, 4) is 0 Å². The van der Waals surface area contributed by atoms with Crippen LogP contribution in [0.1, 0.15) is 5.56 Å². The molecule has 0 aliphatic rings. The quantitative estimate of drug-likeness (QED) is 0.539. The maximum atomic E-state index is 11.1. The van der Waals surface area contributed by atoms with Gasteiger partial charge < -0.3 is 14.7 Å². The topological polar surface area (TPSA) is 73.8 Å². The van der Waals surface area contributed by atoms with E-state index in [0.29, 0.717) is 17.6 Å². The molecule has 104 valence electrons. The average Bonchev–Trinajstić information content (AvgIpc) is 3.08. The first-order valence-electron chi connectivity index (χ1n) is 6.71. The van der Waals surface area contributed by atoms with E-state index in [1.54, 1.807) is 6.07 Å². The third-order valence-electron chi connectivity index (χ3n) is 3.53. The van der Waals surface area contributed by atoms with E-state index in [4.69, 9.17) is 4.42 Å². The maximum Gasteiger partial charge on any atom is 0.417 e. The fourth-order valence-electron chi connectivity index (χ4n) is 2.48. The van der Waals surface area contributed by atoms with Gasteiger partial charge in [0.1, 0.15) is 0 Å². The summed E-state index contributed by atoms with van der Waals surface area (Å²) in [7, 11) is 0. The molecule has 0 aliphatic carbocycles. The van der Waals surface area contributed by atoms with Crippen LogP contribution in [0.3, 0.4) is 0 Å². The van der Waals surface area contributed by atoms with Gasteiger partial charge in [0.25, 0.3) is 0 Å². The molecule has 0 fully saturated rings. The summed E-state index contributed by atoms with van der Waals surface area (Å²) >= 11 is 0. The SMILES string of the molecule is O=c1[nH]c2cc(NCc3ccc4[nH]ccc4c3)ccc2o1. The van der Waals surface area contributed by atoms with E-state index < -0.39 is 5.76 Å². The summed E-state index contributed by atoms with van der Waals surface area (Å²) in [5.41, 5.74) is 4.54. The Bertz CT molecular complexity index is 978. The molecule has 5 heteroatoms. The molecular formula is C16H13N3O2. The first kappa shape index (κ1) is 11.8. The number of rotatable bonds is 3. The van der Waals surface area contributed by atoms with Gasteiger partial charge in [-0.2, -0.15) is 0 Å². The molecule has 0 radical (unpaired) electrons. The number of anilines is 1. The second-order valence-corrected chi connectivity index (χ2v) is 4.98. The second-order valence-electron chi connectivity index (χ2n) is 4.98. The molecule has 2 aromatic heterocycles. The van der Waals surface area contributed by atoms with E-state index in [-0.39, 0.29) is 0 Å². The van der Waals surface area contributed by atoms with Crippen molar-refractivity contribution in [3.63, 3.8) is 0 Å². The number of fused-ring (bicyclic) bond motifs is 2. The average molecular weight is 279 g/mol. The van der Waals surface area contributed by atoms with Crippen LogP contribution in [-0.2, 0) is 6.54 Å².